The predicted octanol–water partition coefficient (Wildman–Crippen LogP) is 4.48. The second-order valence-corrected chi connectivity index (χ2v) is 6.01. The van der Waals surface area contributed by atoms with Crippen molar-refractivity contribution < 1.29 is 9.15 Å². The van der Waals surface area contributed by atoms with Crippen LogP contribution in [0.4, 0.5) is 0 Å². The third-order valence-electron chi connectivity index (χ3n) is 4.49. The molecule has 0 saturated carbocycles. The Bertz CT molecular complexity index is 1190. The number of methoxy groups -OCH3 is 1. The molecule has 0 spiro atoms. The summed E-state index contributed by atoms with van der Waals surface area (Å²) in [6.45, 7) is 5.80. The van der Waals surface area contributed by atoms with E-state index in [9.17, 15) is 4.79 Å². The number of hydrogen-bond donors (Lipinski definition) is 0. The lowest BCUT2D eigenvalue weighted by Gasteiger charge is -2.12. The van der Waals surface area contributed by atoms with Gasteiger partial charge in [0.05, 0.1) is 28.9 Å². The average molecular weight is 319 g/mol. The number of nitrogens with zero attached hydrogens (tertiary/aromatic N) is 1. The maximum Gasteiger partial charge on any atom is 0.201 e. The summed E-state index contributed by atoms with van der Waals surface area (Å²) in [5.41, 5.74) is 2.98. The second-order valence-electron chi connectivity index (χ2n) is 6.01. The summed E-state index contributed by atoms with van der Waals surface area (Å²) in [7, 11) is 3.56. The van der Waals surface area contributed by atoms with Crippen molar-refractivity contribution in [2.45, 2.75) is 6.92 Å². The van der Waals surface area contributed by atoms with Crippen LogP contribution >= 0.6 is 0 Å². The van der Waals surface area contributed by atoms with Crippen LogP contribution in [-0.2, 0) is 7.05 Å². The van der Waals surface area contributed by atoms with E-state index in [1.807, 2.05) is 54.9 Å². The number of hydrogen-bond acceptors (Lipinski definition) is 3. The van der Waals surface area contributed by atoms with Crippen molar-refractivity contribution in [1.29, 1.82) is 0 Å². The molecule has 0 radical (unpaired) electrons. The number of benzene rings is 2. The van der Waals surface area contributed by atoms with Gasteiger partial charge in [-0.25, -0.2) is 0 Å². The van der Waals surface area contributed by atoms with Crippen LogP contribution in [0.25, 0.3) is 38.3 Å². The van der Waals surface area contributed by atoms with Crippen LogP contribution < -0.4 is 10.2 Å². The Morgan fingerprint density at radius 2 is 1.92 bits per heavy atom. The zero-order valence-corrected chi connectivity index (χ0v) is 13.8. The number of aryl methyl sites for hydroxylation is 1. The highest BCUT2D eigenvalue weighted by Gasteiger charge is 2.19. The summed E-state index contributed by atoms with van der Waals surface area (Å²) >= 11 is 0. The number of rotatable bonds is 2. The molecule has 2 aromatic heterocycles. The molecule has 0 bridgehead atoms. The van der Waals surface area contributed by atoms with Crippen molar-refractivity contribution in [3.05, 3.63) is 59.0 Å². The molecule has 4 aromatic rings. The third-order valence-corrected chi connectivity index (χ3v) is 4.49. The monoisotopic (exact) mass is 319 g/mol. The number of para-hydroxylation sites is 1. The minimum absolute atomic E-state index is 0.0334. The molecule has 0 N–H and O–H groups in total. The van der Waals surface area contributed by atoms with Gasteiger partial charge >= 0.3 is 0 Å². The molecule has 120 valence electrons. The highest BCUT2D eigenvalue weighted by atomic mass is 16.5. The Kier molecular flexibility index (Phi) is 3.03. The lowest BCUT2D eigenvalue weighted by molar-refractivity contribution is 0.420. The zero-order valence-electron chi connectivity index (χ0n) is 13.8. The fourth-order valence-corrected chi connectivity index (χ4v) is 3.24. The molecule has 0 fully saturated rings. The molecule has 4 nitrogen and oxygen atoms in total. The van der Waals surface area contributed by atoms with E-state index >= 15 is 0 Å². The molecule has 0 aliphatic carbocycles. The van der Waals surface area contributed by atoms with E-state index in [4.69, 9.17) is 9.15 Å². The van der Waals surface area contributed by atoms with Crippen molar-refractivity contribution in [1.82, 2.24) is 4.57 Å². The SMILES string of the molecule is C=C(C)c1cc2c(OC)cc3c(c(=O)c4ccccc4n3C)c2o1. The minimum atomic E-state index is -0.0334. The summed E-state index contributed by atoms with van der Waals surface area (Å²) in [4.78, 5) is 13.1. The van der Waals surface area contributed by atoms with E-state index in [0.717, 1.165) is 22.0 Å². The van der Waals surface area contributed by atoms with E-state index in [1.54, 1.807) is 7.11 Å². The predicted molar refractivity (Wildman–Crippen MR) is 97.7 cm³/mol. The van der Waals surface area contributed by atoms with Gasteiger partial charge in [0.1, 0.15) is 11.5 Å². The van der Waals surface area contributed by atoms with Gasteiger partial charge in [-0.2, -0.15) is 0 Å². The molecular formula is C20H17NO3. The summed E-state index contributed by atoms with van der Waals surface area (Å²) < 4.78 is 13.5. The molecular weight excluding hydrogens is 302 g/mol. The quantitative estimate of drug-likeness (QED) is 0.512. The number of ether oxygens (including phenoxy) is 1. The van der Waals surface area contributed by atoms with Crippen LogP contribution in [0.5, 0.6) is 5.75 Å². The first-order valence-corrected chi connectivity index (χ1v) is 7.70. The van der Waals surface area contributed by atoms with Gasteiger partial charge < -0.3 is 13.7 Å². The second kappa shape index (κ2) is 4.99. The summed E-state index contributed by atoms with van der Waals surface area (Å²) in [5.74, 6) is 1.34. The Balaban J connectivity index is 2.34. The Hall–Kier alpha value is -3.01. The lowest BCUT2D eigenvalue weighted by Crippen LogP contribution is -2.09. The van der Waals surface area contributed by atoms with Crippen molar-refractivity contribution in [2.24, 2.45) is 7.05 Å². The van der Waals surface area contributed by atoms with Crippen LogP contribution in [0.2, 0.25) is 0 Å². The van der Waals surface area contributed by atoms with Crippen molar-refractivity contribution in [3.63, 3.8) is 0 Å². The highest BCUT2D eigenvalue weighted by Crippen LogP contribution is 2.36. The standard InChI is InChI=1S/C20H17NO3/c1-11(2)16-9-13-17(23-4)10-15-18(20(13)24-16)19(22)12-7-5-6-8-14(12)21(15)3/h5-10H,1H2,2-4H3. The number of aromatic nitrogens is 1. The molecule has 0 amide bonds. The molecule has 2 heterocycles. The Labute approximate surface area is 138 Å². The first-order valence-electron chi connectivity index (χ1n) is 7.70. The summed E-state index contributed by atoms with van der Waals surface area (Å²) in [6.07, 6.45) is 0. The molecule has 0 unspecified atom stereocenters. The van der Waals surface area contributed by atoms with Crippen LogP contribution in [0.1, 0.15) is 12.7 Å². The first-order chi connectivity index (χ1) is 11.5. The van der Waals surface area contributed by atoms with E-state index < -0.39 is 0 Å². The van der Waals surface area contributed by atoms with Crippen LogP contribution in [0.3, 0.4) is 0 Å². The normalized spacial score (nSPS) is 11.5. The Morgan fingerprint density at radius 3 is 2.62 bits per heavy atom. The van der Waals surface area contributed by atoms with E-state index in [-0.39, 0.29) is 5.43 Å². The molecule has 2 aromatic carbocycles. The van der Waals surface area contributed by atoms with Crippen molar-refractivity contribution in [3.8, 4) is 5.75 Å². The van der Waals surface area contributed by atoms with Crippen LogP contribution in [-0.4, -0.2) is 11.7 Å². The van der Waals surface area contributed by atoms with Gasteiger partial charge in [0.25, 0.3) is 0 Å². The van der Waals surface area contributed by atoms with E-state index in [1.165, 1.54) is 0 Å². The zero-order chi connectivity index (χ0) is 17.0. The molecule has 0 aliphatic rings. The van der Waals surface area contributed by atoms with Gasteiger partial charge in [-0.15, -0.1) is 0 Å². The van der Waals surface area contributed by atoms with Gasteiger partial charge in [0, 0.05) is 18.5 Å². The maximum absolute atomic E-state index is 13.1. The smallest absolute Gasteiger partial charge is 0.201 e. The minimum Gasteiger partial charge on any atom is -0.496 e. The maximum atomic E-state index is 13.1. The number of fused-ring (bicyclic) bond motifs is 4. The molecule has 0 aliphatic heterocycles. The molecule has 24 heavy (non-hydrogen) atoms. The topological polar surface area (TPSA) is 44.4 Å². The van der Waals surface area contributed by atoms with Gasteiger partial charge in [0.2, 0.25) is 5.43 Å². The van der Waals surface area contributed by atoms with Crippen molar-refractivity contribution >= 4 is 38.3 Å². The highest BCUT2D eigenvalue weighted by molar-refractivity contribution is 6.10. The lowest BCUT2D eigenvalue weighted by atomic mass is 10.1. The van der Waals surface area contributed by atoms with Gasteiger partial charge in [-0.05, 0) is 30.7 Å². The first kappa shape index (κ1) is 14.6. The Morgan fingerprint density at radius 1 is 1.17 bits per heavy atom. The number of furan rings is 1. The van der Waals surface area contributed by atoms with Gasteiger partial charge in [-0.1, -0.05) is 18.7 Å². The number of pyridine rings is 1. The van der Waals surface area contributed by atoms with Crippen LogP contribution in [0.15, 0.2) is 52.2 Å². The number of allylic oxidation sites excluding steroid dienone is 1. The van der Waals surface area contributed by atoms with Gasteiger partial charge in [0.15, 0.2) is 5.58 Å². The largest absolute Gasteiger partial charge is 0.496 e. The summed E-state index contributed by atoms with van der Waals surface area (Å²) in [5, 5.41) is 2.03. The molecule has 0 atom stereocenters. The third kappa shape index (κ3) is 1.83. The van der Waals surface area contributed by atoms with Crippen LogP contribution in [0, 0.1) is 0 Å². The molecule has 0 saturated heterocycles. The van der Waals surface area contributed by atoms with E-state index in [0.29, 0.717) is 27.9 Å². The molecule has 4 rings (SSSR count). The molecule has 4 heteroatoms. The van der Waals surface area contributed by atoms with Gasteiger partial charge in [-0.3, -0.25) is 4.79 Å². The fraction of sp³-hybridized carbons (Fsp3) is 0.150. The summed E-state index contributed by atoms with van der Waals surface area (Å²) in [6, 6.07) is 11.4. The van der Waals surface area contributed by atoms with Crippen molar-refractivity contribution in [2.75, 3.05) is 7.11 Å². The van der Waals surface area contributed by atoms with E-state index in [2.05, 4.69) is 6.58 Å². The fourth-order valence-electron chi connectivity index (χ4n) is 3.24. The average Bonchev–Trinajstić information content (AvgIpc) is 3.04.